The first kappa shape index (κ1) is 9.56. The number of hydrogen-bond acceptors (Lipinski definition) is 2. The summed E-state index contributed by atoms with van der Waals surface area (Å²) in [6.45, 7) is 8.14. The number of rotatable bonds is 2. The zero-order valence-corrected chi connectivity index (χ0v) is 8.39. The fourth-order valence-electron chi connectivity index (χ4n) is 1.56. The lowest BCUT2D eigenvalue weighted by atomic mass is 9.70. The highest BCUT2D eigenvalue weighted by molar-refractivity contribution is 5.71. The lowest BCUT2D eigenvalue weighted by Gasteiger charge is -2.41. The first-order valence-corrected chi connectivity index (χ1v) is 4.61. The van der Waals surface area contributed by atoms with E-state index in [0.29, 0.717) is 5.41 Å². The molecular weight excluding hydrogens is 152 g/mol. The highest BCUT2D eigenvalue weighted by Crippen LogP contribution is 2.41. The van der Waals surface area contributed by atoms with Crippen molar-refractivity contribution in [2.24, 2.45) is 11.3 Å². The van der Waals surface area contributed by atoms with Gasteiger partial charge in [0.15, 0.2) is 0 Å². The van der Waals surface area contributed by atoms with Gasteiger partial charge in [0.05, 0.1) is 5.92 Å². The zero-order valence-electron chi connectivity index (χ0n) is 8.39. The van der Waals surface area contributed by atoms with Crippen LogP contribution < -0.4 is 0 Å². The summed E-state index contributed by atoms with van der Waals surface area (Å²) < 4.78 is 5.24. The third-order valence-electron chi connectivity index (χ3n) is 2.31. The second-order valence-corrected chi connectivity index (χ2v) is 4.79. The topological polar surface area (TPSA) is 26.3 Å². The van der Waals surface area contributed by atoms with Crippen molar-refractivity contribution in [3.8, 4) is 0 Å². The number of carbonyl (C=O) groups excluding carboxylic acids is 1. The van der Waals surface area contributed by atoms with Gasteiger partial charge in [-0.1, -0.05) is 27.7 Å². The van der Waals surface area contributed by atoms with Crippen LogP contribution in [0.4, 0.5) is 0 Å². The highest BCUT2D eigenvalue weighted by atomic mass is 16.5. The van der Waals surface area contributed by atoms with Crippen LogP contribution in [0, 0.1) is 11.3 Å². The summed E-state index contributed by atoms with van der Waals surface area (Å²) in [5.74, 6) is -0.0517. The van der Waals surface area contributed by atoms with E-state index in [0.717, 1.165) is 12.8 Å². The zero-order chi connectivity index (χ0) is 9.35. The van der Waals surface area contributed by atoms with E-state index >= 15 is 0 Å². The van der Waals surface area contributed by atoms with Gasteiger partial charge in [-0.25, -0.2) is 0 Å². The minimum Gasteiger partial charge on any atom is -0.462 e. The van der Waals surface area contributed by atoms with Crippen LogP contribution in [-0.4, -0.2) is 12.1 Å². The Bertz CT molecular complexity index is 174. The Balaban J connectivity index is 2.23. The molecule has 0 aliphatic heterocycles. The number of hydrogen-bond donors (Lipinski definition) is 0. The van der Waals surface area contributed by atoms with Crippen molar-refractivity contribution in [2.45, 2.75) is 46.6 Å². The first-order valence-electron chi connectivity index (χ1n) is 4.61. The molecule has 0 unspecified atom stereocenters. The quantitative estimate of drug-likeness (QED) is 0.595. The standard InChI is InChI=1S/C10H18O2/c1-7(2)9(11)12-8-5-10(3,4)6-8/h7-8H,5-6H2,1-4H3. The molecule has 0 heterocycles. The predicted octanol–water partition coefficient (Wildman–Crippen LogP) is 2.37. The molecule has 1 aliphatic rings. The van der Waals surface area contributed by atoms with Crippen molar-refractivity contribution in [1.82, 2.24) is 0 Å². The third kappa shape index (κ3) is 2.23. The summed E-state index contributed by atoms with van der Waals surface area (Å²) in [4.78, 5) is 11.1. The minimum atomic E-state index is -0.0597. The molecule has 1 fully saturated rings. The van der Waals surface area contributed by atoms with Crippen LogP contribution in [0.5, 0.6) is 0 Å². The summed E-state index contributed by atoms with van der Waals surface area (Å²) >= 11 is 0. The molecule has 0 atom stereocenters. The molecule has 0 radical (unpaired) electrons. The number of carbonyl (C=O) groups is 1. The molecule has 0 spiro atoms. The third-order valence-corrected chi connectivity index (χ3v) is 2.31. The Hall–Kier alpha value is -0.530. The average molecular weight is 170 g/mol. The van der Waals surface area contributed by atoms with E-state index in [-0.39, 0.29) is 18.0 Å². The van der Waals surface area contributed by atoms with E-state index < -0.39 is 0 Å². The fraction of sp³-hybridized carbons (Fsp3) is 0.900. The second kappa shape index (κ2) is 3.08. The van der Waals surface area contributed by atoms with Crippen molar-refractivity contribution < 1.29 is 9.53 Å². The molecule has 0 aromatic heterocycles. The molecule has 0 amide bonds. The van der Waals surface area contributed by atoms with Crippen LogP contribution in [0.1, 0.15) is 40.5 Å². The highest BCUT2D eigenvalue weighted by Gasteiger charge is 2.38. The van der Waals surface area contributed by atoms with Gasteiger partial charge < -0.3 is 4.74 Å². The normalized spacial score (nSPS) is 22.1. The van der Waals surface area contributed by atoms with E-state index in [1.165, 1.54) is 0 Å². The van der Waals surface area contributed by atoms with Crippen LogP contribution in [0.2, 0.25) is 0 Å². The van der Waals surface area contributed by atoms with Crippen molar-refractivity contribution in [1.29, 1.82) is 0 Å². The Kier molecular flexibility index (Phi) is 2.45. The van der Waals surface area contributed by atoms with Crippen LogP contribution in [0.15, 0.2) is 0 Å². The van der Waals surface area contributed by atoms with Gasteiger partial charge in [-0.2, -0.15) is 0 Å². The van der Waals surface area contributed by atoms with Gasteiger partial charge in [0.1, 0.15) is 6.10 Å². The molecule has 0 aromatic rings. The van der Waals surface area contributed by atoms with Crippen LogP contribution >= 0.6 is 0 Å². The van der Waals surface area contributed by atoms with Gasteiger partial charge in [-0.05, 0) is 18.3 Å². The second-order valence-electron chi connectivity index (χ2n) is 4.79. The van der Waals surface area contributed by atoms with Crippen molar-refractivity contribution >= 4 is 5.97 Å². The van der Waals surface area contributed by atoms with E-state index in [4.69, 9.17) is 4.74 Å². The van der Waals surface area contributed by atoms with Crippen LogP contribution in [-0.2, 0) is 9.53 Å². The Morgan fingerprint density at radius 1 is 1.42 bits per heavy atom. The maximum atomic E-state index is 11.1. The molecule has 12 heavy (non-hydrogen) atoms. The fourth-order valence-corrected chi connectivity index (χ4v) is 1.56. The van der Waals surface area contributed by atoms with Gasteiger partial charge in [-0.3, -0.25) is 4.79 Å². The lowest BCUT2D eigenvalue weighted by Crippen LogP contribution is -2.39. The van der Waals surface area contributed by atoms with Crippen LogP contribution in [0.3, 0.4) is 0 Å². The Morgan fingerprint density at radius 3 is 2.25 bits per heavy atom. The van der Waals surface area contributed by atoms with Crippen molar-refractivity contribution in [2.75, 3.05) is 0 Å². The van der Waals surface area contributed by atoms with E-state index in [9.17, 15) is 4.79 Å². The van der Waals surface area contributed by atoms with Crippen molar-refractivity contribution in [3.63, 3.8) is 0 Å². The van der Waals surface area contributed by atoms with Gasteiger partial charge in [0.25, 0.3) is 0 Å². The van der Waals surface area contributed by atoms with E-state index in [2.05, 4.69) is 13.8 Å². The van der Waals surface area contributed by atoms with Crippen molar-refractivity contribution in [3.05, 3.63) is 0 Å². The molecular formula is C10H18O2. The Labute approximate surface area is 74.3 Å². The molecule has 0 aromatic carbocycles. The average Bonchev–Trinajstić information content (AvgIpc) is 1.83. The number of ether oxygens (including phenoxy) is 1. The molecule has 1 aliphatic carbocycles. The van der Waals surface area contributed by atoms with E-state index in [1.807, 2.05) is 13.8 Å². The first-order chi connectivity index (χ1) is 5.41. The summed E-state index contributed by atoms with van der Waals surface area (Å²) in [5.41, 5.74) is 0.391. The van der Waals surface area contributed by atoms with E-state index in [1.54, 1.807) is 0 Å². The maximum Gasteiger partial charge on any atom is 0.308 e. The summed E-state index contributed by atoms with van der Waals surface area (Å²) in [5, 5.41) is 0. The van der Waals surface area contributed by atoms with Crippen LogP contribution in [0.25, 0.3) is 0 Å². The summed E-state index contributed by atoms with van der Waals surface area (Å²) in [6.07, 6.45) is 2.23. The van der Waals surface area contributed by atoms with Gasteiger partial charge in [0.2, 0.25) is 0 Å². The lowest BCUT2D eigenvalue weighted by molar-refractivity contribution is -0.163. The molecule has 2 heteroatoms. The molecule has 2 nitrogen and oxygen atoms in total. The molecule has 1 saturated carbocycles. The molecule has 0 bridgehead atoms. The summed E-state index contributed by atoms with van der Waals surface area (Å²) in [6, 6.07) is 0. The SMILES string of the molecule is CC(C)C(=O)OC1CC(C)(C)C1. The summed E-state index contributed by atoms with van der Waals surface area (Å²) in [7, 11) is 0. The number of esters is 1. The molecule has 0 N–H and O–H groups in total. The Morgan fingerprint density at radius 2 is 1.92 bits per heavy atom. The minimum absolute atomic E-state index is 0.00807. The smallest absolute Gasteiger partial charge is 0.308 e. The largest absolute Gasteiger partial charge is 0.462 e. The van der Waals surface area contributed by atoms with Gasteiger partial charge in [0, 0.05) is 0 Å². The maximum absolute atomic E-state index is 11.1. The molecule has 0 saturated heterocycles. The molecule has 1 rings (SSSR count). The molecule has 70 valence electrons. The predicted molar refractivity (Wildman–Crippen MR) is 47.7 cm³/mol. The van der Waals surface area contributed by atoms with Gasteiger partial charge >= 0.3 is 5.97 Å². The van der Waals surface area contributed by atoms with Gasteiger partial charge in [-0.15, -0.1) is 0 Å². The monoisotopic (exact) mass is 170 g/mol.